The van der Waals surface area contributed by atoms with E-state index in [4.69, 9.17) is 0 Å². The summed E-state index contributed by atoms with van der Waals surface area (Å²) in [6.07, 6.45) is 9.36. The highest BCUT2D eigenvalue weighted by atomic mass is 15.3. The Morgan fingerprint density at radius 2 is 1.42 bits per heavy atom. The molecule has 0 fully saturated rings. The van der Waals surface area contributed by atoms with E-state index in [1.807, 2.05) is 21.8 Å². The molecule has 2 rings (SSSR count). The number of hydrogen-bond acceptors (Lipinski definition) is 2. The first-order valence-corrected chi connectivity index (χ1v) is 9.24. The van der Waals surface area contributed by atoms with Gasteiger partial charge < -0.3 is 0 Å². The van der Waals surface area contributed by atoms with Crippen molar-refractivity contribution in [3.05, 3.63) is 35.9 Å². The van der Waals surface area contributed by atoms with Gasteiger partial charge in [0.25, 0.3) is 0 Å². The van der Waals surface area contributed by atoms with Crippen molar-refractivity contribution in [3.63, 3.8) is 0 Å². The molecule has 2 aromatic heterocycles. The van der Waals surface area contributed by atoms with Crippen LogP contribution in [0.4, 0.5) is 0 Å². The molecule has 0 N–H and O–H groups in total. The normalized spacial score (nSPS) is 10.6. The van der Waals surface area contributed by atoms with Crippen LogP contribution in [-0.2, 0) is 13.0 Å². The number of hydrogen-bond donors (Lipinski definition) is 0. The zero-order chi connectivity index (χ0) is 18.3. The Balaban J connectivity index is 0. The molecule has 0 aliphatic heterocycles. The average molecular weight is 365 g/mol. The van der Waals surface area contributed by atoms with Crippen LogP contribution in [0.1, 0.15) is 93.3 Å². The maximum Gasteiger partial charge on any atom is 0.0524 e. The molecule has 0 unspecified atom stereocenters. The Labute approximate surface area is 163 Å². The van der Waals surface area contributed by atoms with Gasteiger partial charge in [-0.2, -0.15) is 10.2 Å². The Hall–Kier alpha value is -1.58. The van der Waals surface area contributed by atoms with Gasteiger partial charge in [0.2, 0.25) is 0 Å². The van der Waals surface area contributed by atoms with Gasteiger partial charge in [0.1, 0.15) is 0 Å². The van der Waals surface area contributed by atoms with Crippen LogP contribution in [0.5, 0.6) is 0 Å². The van der Waals surface area contributed by atoms with Crippen LogP contribution in [-0.4, -0.2) is 19.6 Å². The van der Waals surface area contributed by atoms with Crippen LogP contribution in [0.3, 0.4) is 0 Å². The first kappa shape index (κ1) is 26.6. The molecule has 0 saturated heterocycles. The van der Waals surface area contributed by atoms with Crippen LogP contribution in [0.15, 0.2) is 24.8 Å². The highest BCUT2D eigenvalue weighted by molar-refractivity contribution is 5.08. The molecule has 0 saturated carbocycles. The van der Waals surface area contributed by atoms with Crippen LogP contribution >= 0.6 is 0 Å². The molecule has 0 atom stereocenters. The van der Waals surface area contributed by atoms with Crippen molar-refractivity contribution >= 4 is 0 Å². The first-order chi connectivity index (χ1) is 11.2. The maximum absolute atomic E-state index is 4.29. The lowest BCUT2D eigenvalue weighted by Crippen LogP contribution is -2.04. The summed E-state index contributed by atoms with van der Waals surface area (Å²) in [6, 6.07) is 0.478. The van der Waals surface area contributed by atoms with Crippen molar-refractivity contribution in [3.8, 4) is 0 Å². The van der Waals surface area contributed by atoms with Gasteiger partial charge in [0.15, 0.2) is 0 Å². The van der Waals surface area contributed by atoms with Crippen LogP contribution < -0.4 is 0 Å². The Morgan fingerprint density at radius 3 is 1.81 bits per heavy atom. The summed E-state index contributed by atoms with van der Waals surface area (Å²) in [5.74, 6) is 1.98. The standard InChI is InChI=1S/2C10H18N2.2CH4/c1-8(2)6-12-7-10(5-11-12)9(3)4;1-8(2)5-10-6-11-12(7-10)9(3)4;;/h5,7-9H,6H2,1-4H3;6-9H,5H2,1-4H3;2*1H4. The van der Waals surface area contributed by atoms with Crippen molar-refractivity contribution in [2.45, 2.75) is 95.2 Å². The second kappa shape index (κ2) is 12.7. The Kier molecular flexibility index (Phi) is 13.0. The molecule has 4 heteroatoms. The smallest absolute Gasteiger partial charge is 0.0524 e. The van der Waals surface area contributed by atoms with Gasteiger partial charge >= 0.3 is 0 Å². The molecule has 0 amide bonds. The van der Waals surface area contributed by atoms with E-state index in [1.165, 1.54) is 11.1 Å². The molecule has 0 aliphatic carbocycles. The summed E-state index contributed by atoms with van der Waals surface area (Å²) in [4.78, 5) is 0. The molecule has 0 radical (unpaired) electrons. The summed E-state index contributed by atoms with van der Waals surface area (Å²) >= 11 is 0. The highest BCUT2D eigenvalue weighted by Gasteiger charge is 2.04. The first-order valence-electron chi connectivity index (χ1n) is 9.24. The summed E-state index contributed by atoms with van der Waals surface area (Å²) < 4.78 is 4.04. The van der Waals surface area contributed by atoms with E-state index < -0.39 is 0 Å². The van der Waals surface area contributed by atoms with Gasteiger partial charge in [-0.3, -0.25) is 9.36 Å². The third kappa shape index (κ3) is 9.79. The summed E-state index contributed by atoms with van der Waals surface area (Å²) in [5, 5.41) is 8.58. The molecule has 152 valence electrons. The zero-order valence-electron chi connectivity index (χ0n) is 16.8. The molecular formula is C22H44N4. The quantitative estimate of drug-likeness (QED) is 0.579. The third-order valence-electron chi connectivity index (χ3n) is 3.70. The summed E-state index contributed by atoms with van der Waals surface area (Å²) in [7, 11) is 0. The maximum atomic E-state index is 4.29. The Morgan fingerprint density at radius 1 is 0.808 bits per heavy atom. The van der Waals surface area contributed by atoms with Gasteiger partial charge in [0.05, 0.1) is 12.4 Å². The number of aromatic nitrogens is 4. The molecule has 0 spiro atoms. The second-order valence-corrected chi connectivity index (χ2v) is 8.06. The number of nitrogens with zero attached hydrogens (tertiary/aromatic N) is 4. The third-order valence-corrected chi connectivity index (χ3v) is 3.70. The van der Waals surface area contributed by atoms with Gasteiger partial charge in [-0.05, 0) is 49.1 Å². The van der Waals surface area contributed by atoms with Crippen molar-refractivity contribution in [2.75, 3.05) is 0 Å². The summed E-state index contributed by atoms with van der Waals surface area (Å²) in [5.41, 5.74) is 2.68. The molecule has 4 nitrogen and oxygen atoms in total. The van der Waals surface area contributed by atoms with E-state index in [0.717, 1.165) is 18.9 Å². The van der Waals surface area contributed by atoms with Gasteiger partial charge in [-0.25, -0.2) is 0 Å². The van der Waals surface area contributed by atoms with Crippen molar-refractivity contribution in [2.24, 2.45) is 11.8 Å². The van der Waals surface area contributed by atoms with E-state index in [0.29, 0.717) is 17.9 Å². The van der Waals surface area contributed by atoms with E-state index in [-0.39, 0.29) is 14.9 Å². The molecule has 0 aliphatic rings. The van der Waals surface area contributed by atoms with E-state index in [2.05, 4.69) is 78.0 Å². The highest BCUT2D eigenvalue weighted by Crippen LogP contribution is 2.13. The van der Waals surface area contributed by atoms with Crippen LogP contribution in [0, 0.1) is 11.8 Å². The van der Waals surface area contributed by atoms with Gasteiger partial charge in [-0.1, -0.05) is 56.4 Å². The molecule has 2 aromatic rings. The number of rotatable bonds is 6. The Bertz CT molecular complexity index is 524. The van der Waals surface area contributed by atoms with Crippen molar-refractivity contribution < 1.29 is 0 Å². The van der Waals surface area contributed by atoms with Crippen molar-refractivity contribution in [1.82, 2.24) is 19.6 Å². The topological polar surface area (TPSA) is 35.6 Å². The molecule has 0 aromatic carbocycles. The van der Waals surface area contributed by atoms with E-state index >= 15 is 0 Å². The van der Waals surface area contributed by atoms with Crippen LogP contribution in [0.25, 0.3) is 0 Å². The predicted molar refractivity (Wildman–Crippen MR) is 116 cm³/mol. The fourth-order valence-corrected chi connectivity index (χ4v) is 2.39. The van der Waals surface area contributed by atoms with E-state index in [9.17, 15) is 0 Å². The minimum atomic E-state index is 0. The lowest BCUT2D eigenvalue weighted by atomic mass is 10.1. The lowest BCUT2D eigenvalue weighted by molar-refractivity contribution is 0.482. The SMILES string of the molecule is C.C.CC(C)Cc1cnn(C(C)C)c1.CC(C)Cn1cc(C(C)C)cn1. The second-order valence-electron chi connectivity index (χ2n) is 8.06. The lowest BCUT2D eigenvalue weighted by Gasteiger charge is -2.03. The fraction of sp³-hybridized carbons (Fsp3) is 0.727. The monoisotopic (exact) mass is 364 g/mol. The summed E-state index contributed by atoms with van der Waals surface area (Å²) in [6.45, 7) is 18.6. The molecule has 26 heavy (non-hydrogen) atoms. The molecular weight excluding hydrogens is 320 g/mol. The van der Waals surface area contributed by atoms with E-state index in [1.54, 1.807) is 0 Å². The van der Waals surface area contributed by atoms with Gasteiger partial charge in [-0.15, -0.1) is 0 Å². The average Bonchev–Trinajstić information content (AvgIpc) is 3.07. The minimum absolute atomic E-state index is 0. The minimum Gasteiger partial charge on any atom is -0.272 e. The van der Waals surface area contributed by atoms with Crippen LogP contribution in [0.2, 0.25) is 0 Å². The van der Waals surface area contributed by atoms with Gasteiger partial charge in [0, 0.05) is 25.0 Å². The predicted octanol–water partition coefficient (Wildman–Crippen LogP) is 6.60. The fourth-order valence-electron chi connectivity index (χ4n) is 2.39. The zero-order valence-corrected chi connectivity index (χ0v) is 16.8. The van der Waals surface area contributed by atoms with Crippen molar-refractivity contribution in [1.29, 1.82) is 0 Å². The molecule has 0 bridgehead atoms. The molecule has 2 heterocycles. The largest absolute Gasteiger partial charge is 0.272 e.